The van der Waals surface area contributed by atoms with Crippen molar-refractivity contribution in [1.29, 1.82) is 0 Å². The van der Waals surface area contributed by atoms with Crippen LogP contribution in [0.25, 0.3) is 0 Å². The number of amides is 2. The number of rotatable bonds is 6. The number of hydrogen-bond acceptors (Lipinski definition) is 4. The number of nitrogens with zero attached hydrogens (tertiary/aromatic N) is 1. The lowest BCUT2D eigenvalue weighted by molar-refractivity contribution is -0.124. The van der Waals surface area contributed by atoms with Crippen LogP contribution in [0.15, 0.2) is 47.6 Å². The van der Waals surface area contributed by atoms with Crippen molar-refractivity contribution < 1.29 is 14.7 Å². The minimum absolute atomic E-state index is 0.0117. The lowest BCUT2D eigenvalue weighted by Crippen LogP contribution is -2.22. The summed E-state index contributed by atoms with van der Waals surface area (Å²) in [7, 11) is 0. The molecular formula is C19H20ClN3O3. The number of carbonyl (C=O) groups is 2. The van der Waals surface area contributed by atoms with Crippen molar-refractivity contribution in [3.63, 3.8) is 0 Å². The molecular weight excluding hydrogens is 354 g/mol. The fourth-order valence-corrected chi connectivity index (χ4v) is 2.33. The van der Waals surface area contributed by atoms with E-state index in [1.165, 1.54) is 0 Å². The van der Waals surface area contributed by atoms with E-state index in [2.05, 4.69) is 15.8 Å². The van der Waals surface area contributed by atoms with Crippen molar-refractivity contribution in [2.75, 3.05) is 5.32 Å². The van der Waals surface area contributed by atoms with Crippen LogP contribution < -0.4 is 10.7 Å². The molecule has 0 aliphatic rings. The van der Waals surface area contributed by atoms with Crippen LogP contribution in [0.1, 0.15) is 30.9 Å². The fraction of sp³-hybridized carbons (Fsp3) is 0.211. The molecule has 0 unspecified atom stereocenters. The molecule has 0 heterocycles. The van der Waals surface area contributed by atoms with Gasteiger partial charge in [0.2, 0.25) is 11.8 Å². The number of carbonyl (C=O) groups excluding carboxylic acids is 2. The molecule has 0 saturated carbocycles. The SMILES string of the molecule is C/C(=N/NC(=O)CCC(=O)Nc1cccc(Cl)c1C)c1ccc(O)cc1. The van der Waals surface area contributed by atoms with Gasteiger partial charge >= 0.3 is 0 Å². The molecule has 26 heavy (non-hydrogen) atoms. The van der Waals surface area contributed by atoms with Crippen molar-refractivity contribution in [1.82, 2.24) is 5.43 Å². The quantitative estimate of drug-likeness (QED) is 0.533. The largest absolute Gasteiger partial charge is 0.508 e. The predicted octanol–water partition coefficient (Wildman–Crippen LogP) is 3.61. The molecule has 0 radical (unpaired) electrons. The monoisotopic (exact) mass is 373 g/mol. The van der Waals surface area contributed by atoms with Crippen molar-refractivity contribution in [2.24, 2.45) is 5.10 Å². The van der Waals surface area contributed by atoms with Gasteiger partial charge in [0.15, 0.2) is 0 Å². The first kappa shape index (κ1) is 19.5. The third kappa shape index (κ3) is 5.60. The summed E-state index contributed by atoms with van der Waals surface area (Å²) < 4.78 is 0. The van der Waals surface area contributed by atoms with Gasteiger partial charge in [-0.2, -0.15) is 5.10 Å². The zero-order valence-corrected chi connectivity index (χ0v) is 15.3. The number of phenolic OH excluding ortho intramolecular Hbond substituents is 1. The lowest BCUT2D eigenvalue weighted by Gasteiger charge is -2.09. The number of aromatic hydroxyl groups is 1. The van der Waals surface area contributed by atoms with E-state index in [0.717, 1.165) is 11.1 Å². The van der Waals surface area contributed by atoms with Crippen LogP contribution in [0.5, 0.6) is 5.75 Å². The molecule has 0 aliphatic heterocycles. The Morgan fingerprint density at radius 2 is 1.73 bits per heavy atom. The van der Waals surface area contributed by atoms with E-state index in [0.29, 0.717) is 16.4 Å². The van der Waals surface area contributed by atoms with Gasteiger partial charge in [-0.25, -0.2) is 5.43 Å². The molecule has 0 aromatic heterocycles. The van der Waals surface area contributed by atoms with Crippen LogP contribution in [0.4, 0.5) is 5.69 Å². The van der Waals surface area contributed by atoms with Crippen molar-refractivity contribution in [2.45, 2.75) is 26.7 Å². The Hall–Kier alpha value is -2.86. The normalized spacial score (nSPS) is 11.1. The Bertz CT molecular complexity index is 832. The summed E-state index contributed by atoms with van der Waals surface area (Å²) in [6, 6.07) is 11.7. The Kier molecular flexibility index (Phi) is 6.74. The third-order valence-electron chi connectivity index (χ3n) is 3.75. The Labute approximate surface area is 156 Å². The molecule has 2 aromatic rings. The van der Waals surface area contributed by atoms with Gasteiger partial charge in [-0.15, -0.1) is 0 Å². The number of hydrogen-bond donors (Lipinski definition) is 3. The van der Waals surface area contributed by atoms with Crippen molar-refractivity contribution >= 4 is 34.8 Å². The summed E-state index contributed by atoms with van der Waals surface area (Å²) in [5.41, 5.74) is 5.20. The van der Waals surface area contributed by atoms with E-state index in [4.69, 9.17) is 11.6 Å². The van der Waals surface area contributed by atoms with Gasteiger partial charge < -0.3 is 10.4 Å². The molecule has 2 rings (SSSR count). The maximum Gasteiger partial charge on any atom is 0.240 e. The molecule has 2 amide bonds. The lowest BCUT2D eigenvalue weighted by atomic mass is 10.1. The van der Waals surface area contributed by atoms with Crippen LogP contribution in [-0.2, 0) is 9.59 Å². The first-order valence-electron chi connectivity index (χ1n) is 8.04. The second-order valence-corrected chi connectivity index (χ2v) is 6.15. The summed E-state index contributed by atoms with van der Waals surface area (Å²) in [5, 5.41) is 16.6. The van der Waals surface area contributed by atoms with Crippen molar-refractivity contribution in [3.05, 3.63) is 58.6 Å². The maximum atomic E-state index is 12.0. The number of anilines is 1. The molecule has 3 N–H and O–H groups in total. The van der Waals surface area contributed by atoms with Gasteiger partial charge in [0, 0.05) is 23.6 Å². The zero-order chi connectivity index (χ0) is 19.1. The summed E-state index contributed by atoms with van der Waals surface area (Å²) >= 11 is 6.01. The second kappa shape index (κ2) is 9.01. The highest BCUT2D eigenvalue weighted by Gasteiger charge is 2.09. The number of hydrazone groups is 1. The number of phenols is 1. The molecule has 0 aliphatic carbocycles. The van der Waals surface area contributed by atoms with E-state index in [9.17, 15) is 14.7 Å². The van der Waals surface area contributed by atoms with E-state index in [1.807, 2.05) is 6.92 Å². The molecule has 2 aromatic carbocycles. The summed E-state index contributed by atoms with van der Waals surface area (Å²) in [4.78, 5) is 23.8. The highest BCUT2D eigenvalue weighted by Crippen LogP contribution is 2.23. The first-order valence-corrected chi connectivity index (χ1v) is 8.42. The maximum absolute atomic E-state index is 12.0. The summed E-state index contributed by atoms with van der Waals surface area (Å²) in [6.45, 7) is 3.55. The van der Waals surface area contributed by atoms with Crippen molar-refractivity contribution in [3.8, 4) is 5.75 Å². The minimum Gasteiger partial charge on any atom is -0.508 e. The van der Waals surface area contributed by atoms with Crippen LogP contribution in [-0.4, -0.2) is 22.6 Å². The average Bonchev–Trinajstić information content (AvgIpc) is 2.62. The molecule has 136 valence electrons. The van der Waals surface area contributed by atoms with Gasteiger partial charge in [0.1, 0.15) is 5.75 Å². The number of benzene rings is 2. The summed E-state index contributed by atoms with van der Waals surface area (Å²) in [6.07, 6.45) is 0.0450. The van der Waals surface area contributed by atoms with E-state index >= 15 is 0 Å². The van der Waals surface area contributed by atoms with E-state index in [-0.39, 0.29) is 30.4 Å². The highest BCUT2D eigenvalue weighted by atomic mass is 35.5. The van der Waals surface area contributed by atoms with Crippen LogP contribution in [0.3, 0.4) is 0 Å². The molecule has 6 nitrogen and oxygen atoms in total. The summed E-state index contributed by atoms with van der Waals surface area (Å²) in [5.74, 6) is -0.475. The molecule has 0 spiro atoms. The van der Waals surface area contributed by atoms with Crippen LogP contribution in [0.2, 0.25) is 5.02 Å². The van der Waals surface area contributed by atoms with Crippen LogP contribution in [0, 0.1) is 6.92 Å². The second-order valence-electron chi connectivity index (χ2n) is 5.74. The van der Waals surface area contributed by atoms with Gasteiger partial charge in [-0.1, -0.05) is 17.7 Å². The Morgan fingerprint density at radius 3 is 2.42 bits per heavy atom. The minimum atomic E-state index is -0.360. The van der Waals surface area contributed by atoms with Gasteiger partial charge in [0.25, 0.3) is 0 Å². The molecule has 7 heteroatoms. The molecule has 0 fully saturated rings. The smallest absolute Gasteiger partial charge is 0.240 e. The van der Waals surface area contributed by atoms with E-state index < -0.39 is 0 Å². The molecule has 0 bridgehead atoms. The predicted molar refractivity (Wildman–Crippen MR) is 103 cm³/mol. The van der Waals surface area contributed by atoms with Gasteiger partial charge in [-0.05, 0) is 61.4 Å². The number of nitrogens with one attached hydrogen (secondary N) is 2. The average molecular weight is 374 g/mol. The van der Waals surface area contributed by atoms with E-state index in [1.54, 1.807) is 49.4 Å². The van der Waals surface area contributed by atoms with Gasteiger partial charge in [-0.3, -0.25) is 9.59 Å². The molecule has 0 saturated heterocycles. The third-order valence-corrected chi connectivity index (χ3v) is 4.16. The van der Waals surface area contributed by atoms with Gasteiger partial charge in [0.05, 0.1) is 5.71 Å². The zero-order valence-electron chi connectivity index (χ0n) is 14.5. The Morgan fingerprint density at radius 1 is 1.08 bits per heavy atom. The Balaban J connectivity index is 1.82. The highest BCUT2D eigenvalue weighted by molar-refractivity contribution is 6.31. The number of halogens is 1. The standard InChI is InChI=1S/C19H20ClN3O3/c1-12-16(20)4-3-5-17(12)21-18(25)10-11-19(26)23-22-13(2)14-6-8-15(24)9-7-14/h3-9,24H,10-11H2,1-2H3,(H,21,25)(H,23,26)/b22-13-. The fourth-order valence-electron chi connectivity index (χ4n) is 2.15. The van der Waals surface area contributed by atoms with Crippen LogP contribution >= 0.6 is 11.6 Å². The topological polar surface area (TPSA) is 90.8 Å². The first-order chi connectivity index (χ1) is 12.4. The molecule has 0 atom stereocenters.